The highest BCUT2D eigenvalue weighted by atomic mass is 14.8. The van der Waals surface area contributed by atoms with Crippen LogP contribution in [0.5, 0.6) is 0 Å². The molecule has 0 amide bonds. The number of benzene rings is 1. The van der Waals surface area contributed by atoms with Gasteiger partial charge in [0.1, 0.15) is 0 Å². The van der Waals surface area contributed by atoms with E-state index < -0.39 is 0 Å². The number of aryl methyl sites for hydroxylation is 1. The molecule has 16 heavy (non-hydrogen) atoms. The average molecular weight is 217 g/mol. The van der Waals surface area contributed by atoms with E-state index in [1.165, 1.54) is 19.3 Å². The Morgan fingerprint density at radius 3 is 2.88 bits per heavy atom. The molecule has 1 aliphatic rings. The van der Waals surface area contributed by atoms with Gasteiger partial charge in [-0.3, -0.25) is 0 Å². The molecule has 0 fully saturated rings. The molecule has 0 aliphatic heterocycles. The summed E-state index contributed by atoms with van der Waals surface area (Å²) in [5.74, 6) is 0.693. The van der Waals surface area contributed by atoms with Gasteiger partial charge in [-0.1, -0.05) is 38.1 Å². The van der Waals surface area contributed by atoms with Gasteiger partial charge in [0, 0.05) is 0 Å². The van der Waals surface area contributed by atoms with Crippen LogP contribution in [-0.4, -0.2) is 13.6 Å². The maximum absolute atomic E-state index is 3.32. The molecule has 0 saturated carbocycles. The summed E-state index contributed by atoms with van der Waals surface area (Å²) < 4.78 is 0. The standard InChI is InChI=1S/C15H23N/c1-12(11-16-3)15(2)10-6-8-13-7-4-5-9-14(13)15/h4-5,7,9,12,16H,6,8,10-11H2,1-3H3/t12-,15+/m1/s1. The molecule has 88 valence electrons. The number of fused-ring (bicyclic) bond motifs is 1. The minimum atomic E-state index is 0.359. The normalized spacial score (nSPS) is 26.2. The van der Waals surface area contributed by atoms with Crippen molar-refractivity contribution in [1.29, 1.82) is 0 Å². The van der Waals surface area contributed by atoms with E-state index in [9.17, 15) is 0 Å². The van der Waals surface area contributed by atoms with Crippen LogP contribution >= 0.6 is 0 Å². The monoisotopic (exact) mass is 217 g/mol. The van der Waals surface area contributed by atoms with Gasteiger partial charge in [0.15, 0.2) is 0 Å². The Hall–Kier alpha value is -0.820. The molecule has 1 heteroatoms. The smallest absolute Gasteiger partial charge is 0.00177 e. The minimum absolute atomic E-state index is 0.359. The first-order valence-electron chi connectivity index (χ1n) is 6.41. The first-order chi connectivity index (χ1) is 7.68. The van der Waals surface area contributed by atoms with Crippen molar-refractivity contribution in [3.05, 3.63) is 35.4 Å². The van der Waals surface area contributed by atoms with Crippen molar-refractivity contribution >= 4 is 0 Å². The van der Waals surface area contributed by atoms with Gasteiger partial charge in [0.05, 0.1) is 0 Å². The van der Waals surface area contributed by atoms with Crippen LogP contribution in [0.25, 0.3) is 0 Å². The third kappa shape index (κ3) is 1.89. The van der Waals surface area contributed by atoms with Crippen LogP contribution in [-0.2, 0) is 11.8 Å². The fraction of sp³-hybridized carbons (Fsp3) is 0.600. The van der Waals surface area contributed by atoms with E-state index in [0.717, 1.165) is 6.54 Å². The number of nitrogens with one attached hydrogen (secondary N) is 1. The second-order valence-corrected chi connectivity index (χ2v) is 5.39. The van der Waals surface area contributed by atoms with E-state index in [0.29, 0.717) is 11.3 Å². The predicted molar refractivity (Wildman–Crippen MR) is 69.8 cm³/mol. The van der Waals surface area contributed by atoms with Gasteiger partial charge in [-0.25, -0.2) is 0 Å². The van der Waals surface area contributed by atoms with Crippen molar-refractivity contribution in [1.82, 2.24) is 5.32 Å². The van der Waals surface area contributed by atoms with Crippen LogP contribution in [0.1, 0.15) is 37.8 Å². The molecule has 2 rings (SSSR count). The molecule has 1 N–H and O–H groups in total. The molecule has 1 aromatic carbocycles. The molecule has 0 saturated heterocycles. The van der Waals surface area contributed by atoms with E-state index in [-0.39, 0.29) is 0 Å². The van der Waals surface area contributed by atoms with Crippen LogP contribution < -0.4 is 5.32 Å². The average Bonchev–Trinajstić information content (AvgIpc) is 2.30. The Kier molecular flexibility index (Phi) is 3.34. The zero-order valence-corrected chi connectivity index (χ0v) is 10.7. The Balaban J connectivity index is 2.36. The third-order valence-corrected chi connectivity index (χ3v) is 4.37. The quantitative estimate of drug-likeness (QED) is 0.820. The summed E-state index contributed by atoms with van der Waals surface area (Å²) in [5, 5.41) is 3.32. The van der Waals surface area contributed by atoms with Crippen LogP contribution in [0, 0.1) is 5.92 Å². The SMILES string of the molecule is CNC[C@@H](C)[C@]1(C)CCCc2ccccc21. The maximum atomic E-state index is 3.32. The third-order valence-electron chi connectivity index (χ3n) is 4.37. The molecule has 0 radical (unpaired) electrons. The van der Waals surface area contributed by atoms with E-state index >= 15 is 0 Å². The van der Waals surface area contributed by atoms with E-state index in [1.54, 1.807) is 11.1 Å². The predicted octanol–water partition coefficient (Wildman–Crippen LogP) is 3.14. The molecular formula is C15H23N. The number of hydrogen-bond acceptors (Lipinski definition) is 1. The summed E-state index contributed by atoms with van der Waals surface area (Å²) in [5.41, 5.74) is 3.51. The lowest BCUT2D eigenvalue weighted by molar-refractivity contribution is 0.267. The highest BCUT2D eigenvalue weighted by Gasteiger charge is 2.36. The van der Waals surface area contributed by atoms with Crippen LogP contribution in [0.3, 0.4) is 0 Å². The van der Waals surface area contributed by atoms with Gasteiger partial charge in [0.2, 0.25) is 0 Å². The molecular weight excluding hydrogens is 194 g/mol. The summed E-state index contributed by atoms with van der Waals surface area (Å²) in [6.07, 6.45) is 3.92. The largest absolute Gasteiger partial charge is 0.319 e. The molecule has 0 unspecified atom stereocenters. The second kappa shape index (κ2) is 4.58. The van der Waals surface area contributed by atoms with Gasteiger partial charge in [0.25, 0.3) is 0 Å². The molecule has 0 bridgehead atoms. The summed E-state index contributed by atoms with van der Waals surface area (Å²) in [6, 6.07) is 9.00. The minimum Gasteiger partial charge on any atom is -0.319 e. The fourth-order valence-electron chi connectivity index (χ4n) is 3.12. The van der Waals surface area contributed by atoms with Crippen LogP contribution in [0.2, 0.25) is 0 Å². The van der Waals surface area contributed by atoms with Gasteiger partial charge in [-0.2, -0.15) is 0 Å². The summed E-state index contributed by atoms with van der Waals surface area (Å²) in [4.78, 5) is 0. The van der Waals surface area contributed by atoms with Crippen molar-refractivity contribution in [2.45, 2.75) is 38.5 Å². The van der Waals surface area contributed by atoms with Crippen LogP contribution in [0.15, 0.2) is 24.3 Å². The van der Waals surface area contributed by atoms with E-state index in [1.807, 2.05) is 0 Å². The van der Waals surface area contributed by atoms with E-state index in [4.69, 9.17) is 0 Å². The van der Waals surface area contributed by atoms with Crippen molar-refractivity contribution in [3.63, 3.8) is 0 Å². The fourth-order valence-corrected chi connectivity index (χ4v) is 3.12. The number of hydrogen-bond donors (Lipinski definition) is 1. The van der Waals surface area contributed by atoms with Gasteiger partial charge < -0.3 is 5.32 Å². The summed E-state index contributed by atoms with van der Waals surface area (Å²) >= 11 is 0. The maximum Gasteiger partial charge on any atom is -0.00177 e. The van der Waals surface area contributed by atoms with Gasteiger partial charge in [-0.05, 0) is 55.3 Å². The zero-order chi connectivity index (χ0) is 11.6. The highest BCUT2D eigenvalue weighted by molar-refractivity contribution is 5.36. The lowest BCUT2D eigenvalue weighted by atomic mass is 9.64. The Bertz CT molecular complexity index is 358. The van der Waals surface area contributed by atoms with Crippen molar-refractivity contribution < 1.29 is 0 Å². The lowest BCUT2D eigenvalue weighted by Crippen LogP contribution is -2.38. The van der Waals surface area contributed by atoms with Gasteiger partial charge >= 0.3 is 0 Å². The Morgan fingerprint density at radius 2 is 2.12 bits per heavy atom. The van der Waals surface area contributed by atoms with Gasteiger partial charge in [-0.15, -0.1) is 0 Å². The highest BCUT2D eigenvalue weighted by Crippen LogP contribution is 2.42. The molecule has 1 aliphatic carbocycles. The molecule has 0 spiro atoms. The molecule has 0 aromatic heterocycles. The van der Waals surface area contributed by atoms with Crippen molar-refractivity contribution in [2.24, 2.45) is 5.92 Å². The van der Waals surface area contributed by atoms with Crippen molar-refractivity contribution in [3.8, 4) is 0 Å². The molecule has 1 aromatic rings. The zero-order valence-electron chi connectivity index (χ0n) is 10.7. The Morgan fingerprint density at radius 1 is 1.38 bits per heavy atom. The lowest BCUT2D eigenvalue weighted by Gasteiger charge is -2.41. The molecule has 0 heterocycles. The summed E-state index contributed by atoms with van der Waals surface area (Å²) in [6.45, 7) is 5.91. The first-order valence-corrected chi connectivity index (χ1v) is 6.41. The summed E-state index contributed by atoms with van der Waals surface area (Å²) in [7, 11) is 2.05. The number of rotatable bonds is 3. The second-order valence-electron chi connectivity index (χ2n) is 5.39. The molecule has 2 atom stereocenters. The Labute approximate surface area is 99.3 Å². The molecule has 1 nitrogen and oxygen atoms in total. The topological polar surface area (TPSA) is 12.0 Å². The first kappa shape index (κ1) is 11.7. The van der Waals surface area contributed by atoms with E-state index in [2.05, 4.69) is 50.5 Å². The van der Waals surface area contributed by atoms with Crippen molar-refractivity contribution in [2.75, 3.05) is 13.6 Å². The van der Waals surface area contributed by atoms with Crippen LogP contribution in [0.4, 0.5) is 0 Å².